The molecule has 0 radical (unpaired) electrons. The molecule has 0 aliphatic heterocycles. The van der Waals surface area contributed by atoms with Gasteiger partial charge in [0.15, 0.2) is 0 Å². The molecule has 3 aromatic rings. The Morgan fingerprint density at radius 2 is 1.06 bits per heavy atom. The van der Waals surface area contributed by atoms with Gasteiger partial charge in [-0.15, -0.1) is 0 Å². The van der Waals surface area contributed by atoms with Crippen LogP contribution in [0.15, 0.2) is 78.9 Å². The van der Waals surface area contributed by atoms with Gasteiger partial charge < -0.3 is 8.92 Å². The lowest BCUT2D eigenvalue weighted by molar-refractivity contribution is -0.321. The number of para-hydroxylation sites is 1. The maximum atomic E-state index is 14.7. The van der Waals surface area contributed by atoms with Crippen LogP contribution in [0.1, 0.15) is 11.1 Å². The van der Waals surface area contributed by atoms with Crippen molar-refractivity contribution in [3.05, 3.63) is 90.0 Å². The summed E-state index contributed by atoms with van der Waals surface area (Å²) in [5.41, 5.74) is -9.38. The first-order valence-electron chi connectivity index (χ1n) is 9.57. The molecule has 0 heterocycles. The molecular formula is C22H13F9O4S. The van der Waals surface area contributed by atoms with Crippen LogP contribution in [0.3, 0.4) is 0 Å². The number of rotatable bonds is 8. The second-order valence-corrected chi connectivity index (χ2v) is 8.71. The van der Waals surface area contributed by atoms with Gasteiger partial charge >= 0.3 is 33.4 Å². The highest BCUT2D eigenvalue weighted by Gasteiger charge is 2.72. The van der Waals surface area contributed by atoms with Crippen molar-refractivity contribution >= 4 is 10.1 Å². The molecular weight excluding hydrogens is 531 g/mol. The zero-order valence-electron chi connectivity index (χ0n) is 17.4. The molecule has 3 aromatic carbocycles. The molecule has 0 aliphatic carbocycles. The van der Waals surface area contributed by atoms with Crippen LogP contribution in [0.25, 0.3) is 0 Å². The van der Waals surface area contributed by atoms with Crippen molar-refractivity contribution in [3.63, 3.8) is 0 Å². The van der Waals surface area contributed by atoms with Crippen molar-refractivity contribution in [1.82, 2.24) is 0 Å². The van der Waals surface area contributed by atoms with Crippen LogP contribution in [0.2, 0.25) is 0 Å². The Hall–Kier alpha value is -3.42. The third-order valence-corrected chi connectivity index (χ3v) is 5.65. The zero-order chi connectivity index (χ0) is 27.0. The predicted molar refractivity (Wildman–Crippen MR) is 108 cm³/mol. The van der Waals surface area contributed by atoms with Gasteiger partial charge in [-0.25, -0.2) is 0 Å². The lowest BCUT2D eigenvalue weighted by atomic mass is 9.92. The molecule has 3 rings (SSSR count). The number of halogens is 9. The fourth-order valence-corrected chi connectivity index (χ4v) is 3.29. The first kappa shape index (κ1) is 27.2. The van der Waals surface area contributed by atoms with Gasteiger partial charge in [0.05, 0.1) is 0 Å². The smallest absolute Gasteiger partial charge is 0.457 e. The summed E-state index contributed by atoms with van der Waals surface area (Å²) in [6.45, 7) is 0. The molecule has 0 spiro atoms. The van der Waals surface area contributed by atoms with E-state index in [-0.39, 0.29) is 23.6 Å². The number of alkyl halides is 9. The number of hydrogen-bond donors (Lipinski definition) is 0. The van der Waals surface area contributed by atoms with Crippen LogP contribution < -0.4 is 8.92 Å². The lowest BCUT2D eigenvalue weighted by Crippen LogP contribution is -2.50. The van der Waals surface area contributed by atoms with Crippen molar-refractivity contribution in [2.24, 2.45) is 0 Å². The fourth-order valence-electron chi connectivity index (χ4n) is 2.83. The monoisotopic (exact) mass is 544 g/mol. The minimum absolute atomic E-state index is 0.0634. The Labute approximate surface area is 198 Å². The quantitative estimate of drug-likeness (QED) is 0.171. The molecule has 0 aliphatic rings. The Morgan fingerprint density at radius 1 is 0.556 bits per heavy atom. The van der Waals surface area contributed by atoms with Gasteiger partial charge in [-0.3, -0.25) is 0 Å². The van der Waals surface area contributed by atoms with Crippen LogP contribution >= 0.6 is 0 Å². The molecule has 194 valence electrons. The summed E-state index contributed by atoms with van der Waals surface area (Å²) in [6.07, 6.45) is 0. The van der Waals surface area contributed by atoms with E-state index in [0.29, 0.717) is 24.3 Å². The molecule has 36 heavy (non-hydrogen) atoms. The van der Waals surface area contributed by atoms with E-state index in [0.717, 1.165) is 12.1 Å². The molecule has 0 unspecified atom stereocenters. The molecule has 0 aromatic heterocycles. The van der Waals surface area contributed by atoms with E-state index in [2.05, 4.69) is 4.18 Å². The number of benzene rings is 3. The van der Waals surface area contributed by atoms with Crippen LogP contribution in [0.4, 0.5) is 39.5 Å². The summed E-state index contributed by atoms with van der Waals surface area (Å²) < 4.78 is 156. The molecule has 0 amide bonds. The van der Waals surface area contributed by atoms with Gasteiger partial charge in [0.2, 0.25) is 0 Å². The second kappa shape index (κ2) is 9.22. The summed E-state index contributed by atoms with van der Waals surface area (Å²) in [5.74, 6) is -18.5. The summed E-state index contributed by atoms with van der Waals surface area (Å²) >= 11 is 0. The van der Waals surface area contributed by atoms with Gasteiger partial charge in [0.25, 0.3) is 0 Å². The van der Waals surface area contributed by atoms with Crippen molar-refractivity contribution in [2.75, 3.05) is 0 Å². The third-order valence-electron chi connectivity index (χ3n) is 4.67. The van der Waals surface area contributed by atoms with Gasteiger partial charge in [-0.1, -0.05) is 30.3 Å². The van der Waals surface area contributed by atoms with Gasteiger partial charge in [0.1, 0.15) is 17.2 Å². The van der Waals surface area contributed by atoms with Crippen LogP contribution in [0.5, 0.6) is 17.2 Å². The average Bonchev–Trinajstić information content (AvgIpc) is 2.79. The molecule has 4 nitrogen and oxygen atoms in total. The Morgan fingerprint density at radius 3 is 1.61 bits per heavy atom. The largest absolute Gasteiger partial charge is 0.534 e. The van der Waals surface area contributed by atoms with E-state index in [1.54, 1.807) is 18.2 Å². The summed E-state index contributed by atoms with van der Waals surface area (Å²) in [7, 11) is -6.34. The molecule has 0 atom stereocenters. The van der Waals surface area contributed by atoms with E-state index in [4.69, 9.17) is 4.74 Å². The summed E-state index contributed by atoms with van der Waals surface area (Å²) in [6, 6.07) is 11.3. The predicted octanol–water partition coefficient (Wildman–Crippen LogP) is 7.23. The van der Waals surface area contributed by atoms with E-state index in [1.165, 1.54) is 12.1 Å². The standard InChI is InChI=1S/C22H13F9O4S/c23-19(24,14-9-11-17(12-10-14)34-16-6-2-1-3-7-16)21(27,28)20(25,26)15-5-4-8-18(13-15)35-36(32,33)22(29,30)31/h1-13H. The first-order chi connectivity index (χ1) is 16.5. The highest BCUT2D eigenvalue weighted by molar-refractivity contribution is 7.88. The molecule has 0 saturated carbocycles. The van der Waals surface area contributed by atoms with Crippen LogP contribution in [-0.4, -0.2) is 19.8 Å². The van der Waals surface area contributed by atoms with Gasteiger partial charge in [-0.05, 0) is 48.5 Å². The van der Waals surface area contributed by atoms with Crippen LogP contribution in [-0.2, 0) is 22.0 Å². The lowest BCUT2D eigenvalue weighted by Gasteiger charge is -2.33. The number of hydrogen-bond acceptors (Lipinski definition) is 4. The zero-order valence-corrected chi connectivity index (χ0v) is 18.3. The molecule has 14 heteroatoms. The van der Waals surface area contributed by atoms with Gasteiger partial charge in [0, 0.05) is 11.1 Å². The number of ether oxygens (including phenoxy) is 1. The van der Waals surface area contributed by atoms with Crippen molar-refractivity contribution in [1.29, 1.82) is 0 Å². The highest BCUT2D eigenvalue weighted by Crippen LogP contribution is 2.55. The van der Waals surface area contributed by atoms with E-state index in [1.807, 2.05) is 0 Å². The third kappa shape index (κ3) is 5.08. The molecule has 0 N–H and O–H groups in total. The van der Waals surface area contributed by atoms with Crippen LogP contribution in [0, 0.1) is 0 Å². The SMILES string of the molecule is O=S(=O)(Oc1cccc(C(F)(F)C(F)(F)C(F)(F)c2ccc(Oc3ccccc3)cc2)c1)C(F)(F)F. The van der Waals surface area contributed by atoms with Crippen molar-refractivity contribution in [2.45, 2.75) is 23.3 Å². The maximum absolute atomic E-state index is 14.7. The van der Waals surface area contributed by atoms with E-state index >= 15 is 0 Å². The minimum atomic E-state index is -6.34. The average molecular weight is 544 g/mol. The highest BCUT2D eigenvalue weighted by atomic mass is 32.2. The topological polar surface area (TPSA) is 52.6 Å². The summed E-state index contributed by atoms with van der Waals surface area (Å²) in [5, 5.41) is 0. The van der Waals surface area contributed by atoms with Crippen molar-refractivity contribution in [3.8, 4) is 17.2 Å². The molecule has 0 fully saturated rings. The maximum Gasteiger partial charge on any atom is 0.534 e. The Balaban J connectivity index is 1.90. The second-order valence-electron chi connectivity index (χ2n) is 7.17. The fraction of sp³-hybridized carbons (Fsp3) is 0.182. The summed E-state index contributed by atoms with van der Waals surface area (Å²) in [4.78, 5) is 0. The Bertz CT molecular complexity index is 1310. The molecule has 0 bridgehead atoms. The van der Waals surface area contributed by atoms with E-state index in [9.17, 15) is 47.9 Å². The first-order valence-corrected chi connectivity index (χ1v) is 11.0. The van der Waals surface area contributed by atoms with Gasteiger partial charge in [-0.2, -0.15) is 47.9 Å². The minimum Gasteiger partial charge on any atom is -0.457 e. The van der Waals surface area contributed by atoms with Crippen molar-refractivity contribution < 1.29 is 56.9 Å². The molecule has 0 saturated heterocycles. The van der Waals surface area contributed by atoms with E-state index < -0.39 is 50.3 Å². The normalized spacial score (nSPS) is 13.4. The Kier molecular flexibility index (Phi) is 6.96.